The Morgan fingerprint density at radius 1 is 1.29 bits per heavy atom. The fourth-order valence-corrected chi connectivity index (χ4v) is 7.12. The van der Waals surface area contributed by atoms with Gasteiger partial charge in [-0.3, -0.25) is 0 Å². The fourth-order valence-electron chi connectivity index (χ4n) is 5.31. The molecular formula is C21H28N2O4S. The highest BCUT2D eigenvalue weighted by Gasteiger charge is 2.59. The zero-order valence-electron chi connectivity index (χ0n) is 16.5. The topological polar surface area (TPSA) is 75.7 Å². The van der Waals surface area contributed by atoms with Gasteiger partial charge in [-0.1, -0.05) is 25.1 Å². The van der Waals surface area contributed by atoms with Crippen LogP contribution in [-0.2, 0) is 32.6 Å². The molecule has 0 unspecified atom stereocenters. The molecule has 2 aliphatic carbocycles. The molecule has 1 saturated heterocycles. The summed E-state index contributed by atoms with van der Waals surface area (Å²) in [5, 5.41) is 0. The lowest BCUT2D eigenvalue weighted by Crippen LogP contribution is -2.52. The number of hydrogen-bond acceptors (Lipinski definition) is 4. The van der Waals surface area contributed by atoms with Crippen molar-refractivity contribution in [3.05, 3.63) is 41.0 Å². The molecule has 0 aromatic heterocycles. The Morgan fingerprint density at radius 3 is 2.68 bits per heavy atom. The second-order valence-electron chi connectivity index (χ2n) is 8.25. The van der Waals surface area contributed by atoms with E-state index >= 15 is 0 Å². The highest BCUT2D eigenvalue weighted by atomic mass is 32.2. The first-order valence-corrected chi connectivity index (χ1v) is 11.5. The van der Waals surface area contributed by atoms with Crippen LogP contribution in [-0.4, -0.2) is 44.4 Å². The molecule has 3 aliphatic rings. The van der Waals surface area contributed by atoms with Gasteiger partial charge in [-0.25, -0.2) is 4.79 Å². The molecule has 28 heavy (non-hydrogen) atoms. The molecule has 6 nitrogen and oxygen atoms in total. The highest BCUT2D eigenvalue weighted by molar-refractivity contribution is 7.87. The van der Waals surface area contributed by atoms with E-state index in [1.54, 1.807) is 10.4 Å². The smallest absolute Gasteiger partial charge is 0.330 e. The normalized spacial score (nSPS) is 31.2. The third-order valence-electron chi connectivity index (χ3n) is 6.67. The van der Waals surface area contributed by atoms with Crippen LogP contribution in [0.4, 0.5) is 0 Å². The van der Waals surface area contributed by atoms with E-state index in [1.807, 2.05) is 13.0 Å². The van der Waals surface area contributed by atoms with Gasteiger partial charge in [-0.2, -0.15) is 17.4 Å². The minimum atomic E-state index is -3.40. The van der Waals surface area contributed by atoms with E-state index < -0.39 is 10.2 Å². The summed E-state index contributed by atoms with van der Waals surface area (Å²) in [4.78, 5) is 11.4. The maximum Gasteiger partial charge on any atom is 0.330 e. The zero-order chi connectivity index (χ0) is 19.9. The van der Waals surface area contributed by atoms with Crippen molar-refractivity contribution in [2.24, 2.45) is 11.8 Å². The molecule has 0 amide bonds. The van der Waals surface area contributed by atoms with Gasteiger partial charge in [-0.15, -0.1) is 0 Å². The Bertz CT molecular complexity index is 911. The van der Waals surface area contributed by atoms with E-state index in [-0.39, 0.29) is 11.5 Å². The number of esters is 1. The molecule has 2 fully saturated rings. The number of carbonyl (C=O) groups is 1. The van der Waals surface area contributed by atoms with Crippen molar-refractivity contribution < 1.29 is 17.9 Å². The number of rotatable bonds is 4. The molecule has 0 radical (unpaired) electrons. The average Bonchev–Trinajstić information content (AvgIpc) is 3.05. The molecule has 3 atom stereocenters. The lowest BCUT2D eigenvalue weighted by molar-refractivity contribution is -0.134. The molecule has 1 aliphatic heterocycles. The summed E-state index contributed by atoms with van der Waals surface area (Å²) in [6.45, 7) is 3.18. The van der Waals surface area contributed by atoms with Crippen LogP contribution in [0.25, 0.3) is 6.08 Å². The maximum absolute atomic E-state index is 12.7. The molecular weight excluding hydrogens is 376 g/mol. The third kappa shape index (κ3) is 3.29. The Labute approximate surface area is 167 Å². The zero-order valence-corrected chi connectivity index (χ0v) is 17.3. The minimum absolute atomic E-state index is 0.301. The molecule has 1 spiro atoms. The first-order valence-electron chi connectivity index (χ1n) is 10.0. The summed E-state index contributed by atoms with van der Waals surface area (Å²) >= 11 is 0. The Balaban J connectivity index is 1.63. The molecule has 1 heterocycles. The van der Waals surface area contributed by atoms with E-state index in [9.17, 15) is 13.2 Å². The van der Waals surface area contributed by atoms with Crippen LogP contribution in [0.2, 0.25) is 0 Å². The number of fused-ring (bicyclic) bond motifs is 1. The van der Waals surface area contributed by atoms with Gasteiger partial charge < -0.3 is 4.74 Å². The molecule has 2 bridgehead atoms. The van der Waals surface area contributed by atoms with Gasteiger partial charge in [0.15, 0.2) is 0 Å². The van der Waals surface area contributed by atoms with E-state index in [0.717, 1.165) is 37.7 Å². The summed E-state index contributed by atoms with van der Waals surface area (Å²) in [6, 6.07) is 6.29. The van der Waals surface area contributed by atoms with Gasteiger partial charge >= 0.3 is 5.97 Å². The molecule has 1 aromatic carbocycles. The van der Waals surface area contributed by atoms with Gasteiger partial charge in [0.1, 0.15) is 0 Å². The summed E-state index contributed by atoms with van der Waals surface area (Å²) in [5.74, 6) is 0.256. The second kappa shape index (κ2) is 7.28. The van der Waals surface area contributed by atoms with Crippen molar-refractivity contribution in [1.29, 1.82) is 0 Å². The first kappa shape index (κ1) is 19.6. The monoisotopic (exact) mass is 404 g/mol. The van der Waals surface area contributed by atoms with Gasteiger partial charge in [0, 0.05) is 19.2 Å². The maximum atomic E-state index is 12.7. The second-order valence-corrected chi connectivity index (χ2v) is 9.92. The minimum Gasteiger partial charge on any atom is -0.466 e. The summed E-state index contributed by atoms with van der Waals surface area (Å²) in [5.41, 5.74) is 3.19. The van der Waals surface area contributed by atoms with Gasteiger partial charge in [0.05, 0.1) is 12.6 Å². The molecule has 152 valence electrons. The van der Waals surface area contributed by atoms with Crippen molar-refractivity contribution in [3.63, 3.8) is 0 Å². The molecule has 1 N–H and O–H groups in total. The highest BCUT2D eigenvalue weighted by Crippen LogP contribution is 2.50. The van der Waals surface area contributed by atoms with Crippen molar-refractivity contribution in [2.75, 3.05) is 20.2 Å². The largest absolute Gasteiger partial charge is 0.466 e. The van der Waals surface area contributed by atoms with Crippen LogP contribution in [0.15, 0.2) is 24.3 Å². The van der Waals surface area contributed by atoms with E-state index in [4.69, 9.17) is 0 Å². The summed E-state index contributed by atoms with van der Waals surface area (Å²) in [6.07, 6.45) is 7.91. The number of nitrogens with zero attached hydrogens (tertiary/aromatic N) is 1. The molecule has 4 rings (SSSR count). The van der Waals surface area contributed by atoms with Crippen molar-refractivity contribution in [1.82, 2.24) is 9.03 Å². The number of benzene rings is 1. The van der Waals surface area contributed by atoms with Gasteiger partial charge in [-0.05, 0) is 66.7 Å². The quantitative estimate of drug-likeness (QED) is 0.617. The number of ether oxygens (including phenoxy) is 1. The van der Waals surface area contributed by atoms with Gasteiger partial charge in [0.25, 0.3) is 10.2 Å². The Morgan fingerprint density at radius 2 is 2.00 bits per heavy atom. The molecule has 1 saturated carbocycles. The van der Waals surface area contributed by atoms with Crippen LogP contribution < -0.4 is 4.72 Å². The Hall–Kier alpha value is -1.70. The summed E-state index contributed by atoms with van der Waals surface area (Å²) < 4.78 is 34.8. The van der Waals surface area contributed by atoms with E-state index in [2.05, 4.69) is 21.6 Å². The summed E-state index contributed by atoms with van der Waals surface area (Å²) in [7, 11) is -2.03. The Kier molecular flexibility index (Phi) is 5.10. The van der Waals surface area contributed by atoms with Crippen LogP contribution in [0.5, 0.6) is 0 Å². The van der Waals surface area contributed by atoms with Crippen LogP contribution in [0.3, 0.4) is 0 Å². The van der Waals surface area contributed by atoms with E-state index in [0.29, 0.717) is 24.9 Å². The lowest BCUT2D eigenvalue weighted by atomic mass is 9.79. The fraction of sp³-hybridized carbons (Fsp3) is 0.571. The molecule has 1 aromatic rings. The third-order valence-corrected chi connectivity index (χ3v) is 8.30. The van der Waals surface area contributed by atoms with Crippen LogP contribution in [0.1, 0.15) is 42.9 Å². The predicted molar refractivity (Wildman–Crippen MR) is 108 cm³/mol. The SMILES string of the molecule is CCCN1C[C@]2(NS1(=O)=O)[C@@H]1CC[C@H]2Cc2ccc(C=CC(=O)OC)cc2C1. The number of methoxy groups -OCH3 is 1. The van der Waals surface area contributed by atoms with Crippen molar-refractivity contribution in [2.45, 2.75) is 44.6 Å². The average molecular weight is 405 g/mol. The van der Waals surface area contributed by atoms with Crippen LogP contribution >= 0.6 is 0 Å². The predicted octanol–water partition coefficient (Wildman–Crippen LogP) is 2.30. The molecule has 7 heteroatoms. The van der Waals surface area contributed by atoms with E-state index in [1.165, 1.54) is 24.3 Å². The number of hydrogen-bond donors (Lipinski definition) is 1. The van der Waals surface area contributed by atoms with Crippen molar-refractivity contribution >= 4 is 22.3 Å². The van der Waals surface area contributed by atoms with Crippen molar-refractivity contribution in [3.8, 4) is 0 Å². The van der Waals surface area contributed by atoms with Gasteiger partial charge in [0.2, 0.25) is 0 Å². The lowest BCUT2D eigenvalue weighted by Gasteiger charge is -2.33. The van der Waals surface area contributed by atoms with Crippen LogP contribution in [0, 0.1) is 11.8 Å². The first-order chi connectivity index (χ1) is 13.4. The number of nitrogens with one attached hydrogen (secondary N) is 1. The number of carbonyl (C=O) groups excluding carboxylic acids is 1. The standard InChI is InChI=1S/C21H28N2O4S/c1-3-10-23-14-21(22-28(23,25)26)18-7-8-19(21)13-17-11-15(4-6-16(17)12-18)5-9-20(24)27-2/h4-6,9,11,18-19,22H,3,7-8,10,12-14H2,1-2H3/t18-,19+,21+/m0/s1.